The van der Waals surface area contributed by atoms with Gasteiger partial charge in [0, 0.05) is 12.8 Å². The summed E-state index contributed by atoms with van der Waals surface area (Å²) in [4.78, 5) is 11.1. The largest absolute Gasteiger partial charge is 0.374 e. The van der Waals surface area contributed by atoms with Crippen molar-refractivity contribution in [3.8, 4) is 0 Å². The second-order valence-electron chi connectivity index (χ2n) is 3.20. The molecule has 64 valence electrons. The maximum atomic E-state index is 11.1. The molecular weight excluding hydrogens is 140 g/mol. The minimum Gasteiger partial charge on any atom is -0.374 e. The number of ether oxygens (including phenoxy) is 1. The van der Waals surface area contributed by atoms with Gasteiger partial charge in [-0.15, -0.1) is 0 Å². The first-order chi connectivity index (χ1) is 5.22. The van der Waals surface area contributed by atoms with E-state index in [1.165, 1.54) is 0 Å². The number of carbonyl (C=O) groups excluding carboxylic acids is 1. The highest BCUT2D eigenvalue weighted by Gasteiger charge is 2.33. The number of Topliss-reactive ketones (excluding diaryl/α,β-unsaturated/α-hetero) is 1. The Kier molecular flexibility index (Phi) is 2.66. The van der Waals surface area contributed by atoms with E-state index in [2.05, 4.69) is 13.8 Å². The number of carbonyl (C=O) groups is 1. The fraction of sp³-hybridized carbons (Fsp3) is 0.889. The van der Waals surface area contributed by atoms with Gasteiger partial charge in [-0.3, -0.25) is 4.79 Å². The summed E-state index contributed by atoms with van der Waals surface area (Å²) in [7, 11) is 0. The summed E-state index contributed by atoms with van der Waals surface area (Å²) < 4.78 is 5.61. The van der Waals surface area contributed by atoms with Crippen LogP contribution < -0.4 is 0 Å². The van der Waals surface area contributed by atoms with E-state index < -0.39 is 0 Å². The van der Waals surface area contributed by atoms with Gasteiger partial charge in [-0.25, -0.2) is 0 Å². The zero-order valence-corrected chi connectivity index (χ0v) is 7.35. The summed E-state index contributed by atoms with van der Waals surface area (Å²) in [5.41, 5.74) is -0.116. The van der Waals surface area contributed by atoms with Crippen molar-refractivity contribution in [2.75, 3.05) is 6.61 Å². The summed E-state index contributed by atoms with van der Waals surface area (Å²) in [6.07, 6.45) is 3.15. The van der Waals surface area contributed by atoms with Crippen LogP contribution in [0.15, 0.2) is 0 Å². The van der Waals surface area contributed by atoms with Gasteiger partial charge >= 0.3 is 0 Å². The molecule has 0 aromatic heterocycles. The van der Waals surface area contributed by atoms with Crippen LogP contribution in [0.5, 0.6) is 0 Å². The molecule has 0 spiro atoms. The first kappa shape index (κ1) is 8.72. The fourth-order valence-corrected chi connectivity index (χ4v) is 1.58. The van der Waals surface area contributed by atoms with Gasteiger partial charge in [0.25, 0.3) is 0 Å². The smallest absolute Gasteiger partial charge is 0.138 e. The maximum absolute atomic E-state index is 11.1. The van der Waals surface area contributed by atoms with E-state index in [9.17, 15) is 4.79 Å². The van der Waals surface area contributed by atoms with Crippen LogP contribution in [0.1, 0.15) is 39.5 Å². The normalized spacial score (nSPS) is 23.6. The molecule has 2 nitrogen and oxygen atoms in total. The lowest BCUT2D eigenvalue weighted by Gasteiger charge is -2.34. The first-order valence-corrected chi connectivity index (χ1v) is 4.38. The highest BCUT2D eigenvalue weighted by Crippen LogP contribution is 2.29. The molecule has 1 rings (SSSR count). The summed E-state index contributed by atoms with van der Waals surface area (Å²) in [6.45, 7) is 4.80. The number of hydrogen-bond donors (Lipinski definition) is 0. The van der Waals surface area contributed by atoms with Crippen LogP contribution in [0.2, 0.25) is 0 Å². The number of rotatable bonds is 2. The fourth-order valence-electron chi connectivity index (χ4n) is 1.58. The van der Waals surface area contributed by atoms with E-state index in [1.54, 1.807) is 0 Å². The number of hydrogen-bond acceptors (Lipinski definition) is 2. The lowest BCUT2D eigenvalue weighted by atomic mass is 9.88. The molecule has 1 aliphatic heterocycles. The lowest BCUT2D eigenvalue weighted by molar-refractivity contribution is -0.141. The molecule has 0 aromatic rings. The summed E-state index contributed by atoms with van der Waals surface area (Å²) in [5, 5.41) is 0. The molecule has 0 saturated carbocycles. The lowest BCUT2D eigenvalue weighted by Crippen LogP contribution is -2.38. The van der Waals surface area contributed by atoms with Crippen LogP contribution in [0.4, 0.5) is 0 Å². The Morgan fingerprint density at radius 1 is 1.45 bits per heavy atom. The topological polar surface area (TPSA) is 26.3 Å². The Labute approximate surface area is 67.9 Å². The van der Waals surface area contributed by atoms with Gasteiger partial charge < -0.3 is 4.74 Å². The average Bonchev–Trinajstić information content (AvgIpc) is 2.04. The maximum Gasteiger partial charge on any atom is 0.138 e. The Morgan fingerprint density at radius 3 is 2.45 bits per heavy atom. The SMILES string of the molecule is CCC1(CC)CC(=O)CCO1. The zero-order chi connectivity index (χ0) is 8.32. The van der Waals surface area contributed by atoms with Crippen molar-refractivity contribution < 1.29 is 9.53 Å². The van der Waals surface area contributed by atoms with Gasteiger partial charge in [0.15, 0.2) is 0 Å². The molecule has 0 aliphatic carbocycles. The molecule has 1 fully saturated rings. The third-order valence-electron chi connectivity index (χ3n) is 2.60. The Morgan fingerprint density at radius 2 is 2.09 bits per heavy atom. The van der Waals surface area contributed by atoms with Crippen LogP contribution >= 0.6 is 0 Å². The van der Waals surface area contributed by atoms with E-state index in [1.807, 2.05) is 0 Å². The molecule has 0 N–H and O–H groups in total. The summed E-state index contributed by atoms with van der Waals surface area (Å²) in [6, 6.07) is 0. The minimum absolute atomic E-state index is 0.116. The van der Waals surface area contributed by atoms with Crippen molar-refractivity contribution in [3.05, 3.63) is 0 Å². The van der Waals surface area contributed by atoms with Crippen molar-refractivity contribution in [2.45, 2.75) is 45.1 Å². The predicted octanol–water partition coefficient (Wildman–Crippen LogP) is 1.92. The Balaban J connectivity index is 2.59. The zero-order valence-electron chi connectivity index (χ0n) is 7.35. The van der Waals surface area contributed by atoms with Gasteiger partial charge in [-0.05, 0) is 12.8 Å². The molecule has 0 aromatic carbocycles. The van der Waals surface area contributed by atoms with E-state index >= 15 is 0 Å². The van der Waals surface area contributed by atoms with Gasteiger partial charge in [0.05, 0.1) is 12.2 Å². The molecule has 1 heterocycles. The van der Waals surface area contributed by atoms with Crippen LogP contribution in [-0.4, -0.2) is 18.0 Å². The van der Waals surface area contributed by atoms with Crippen LogP contribution in [-0.2, 0) is 9.53 Å². The molecule has 1 aliphatic rings. The van der Waals surface area contributed by atoms with Crippen LogP contribution in [0, 0.1) is 0 Å². The highest BCUT2D eigenvalue weighted by atomic mass is 16.5. The van der Waals surface area contributed by atoms with Crippen molar-refractivity contribution in [1.82, 2.24) is 0 Å². The van der Waals surface area contributed by atoms with Crippen molar-refractivity contribution in [2.24, 2.45) is 0 Å². The van der Waals surface area contributed by atoms with Gasteiger partial charge in [0.2, 0.25) is 0 Å². The third kappa shape index (κ3) is 1.80. The monoisotopic (exact) mass is 156 g/mol. The van der Waals surface area contributed by atoms with Crippen molar-refractivity contribution in [3.63, 3.8) is 0 Å². The standard InChI is InChI=1S/C9H16O2/c1-3-9(4-2)7-8(10)5-6-11-9/h3-7H2,1-2H3. The Bertz CT molecular complexity index is 148. The summed E-state index contributed by atoms with van der Waals surface area (Å²) in [5.74, 6) is 0.361. The molecule has 1 saturated heterocycles. The van der Waals surface area contributed by atoms with Gasteiger partial charge in [-0.2, -0.15) is 0 Å². The molecular formula is C9H16O2. The molecule has 0 amide bonds. The minimum atomic E-state index is -0.116. The number of ketones is 1. The second-order valence-corrected chi connectivity index (χ2v) is 3.20. The molecule has 0 radical (unpaired) electrons. The quantitative estimate of drug-likeness (QED) is 0.610. The molecule has 2 heteroatoms. The van der Waals surface area contributed by atoms with Crippen molar-refractivity contribution >= 4 is 5.78 Å². The van der Waals surface area contributed by atoms with Gasteiger partial charge in [0.1, 0.15) is 5.78 Å². The molecule has 0 bridgehead atoms. The van der Waals surface area contributed by atoms with Crippen LogP contribution in [0.3, 0.4) is 0 Å². The average molecular weight is 156 g/mol. The second kappa shape index (κ2) is 3.35. The predicted molar refractivity (Wildman–Crippen MR) is 43.5 cm³/mol. The van der Waals surface area contributed by atoms with Gasteiger partial charge in [-0.1, -0.05) is 13.8 Å². The molecule has 11 heavy (non-hydrogen) atoms. The summed E-state index contributed by atoms with van der Waals surface area (Å²) >= 11 is 0. The molecule has 0 unspecified atom stereocenters. The molecule has 0 atom stereocenters. The highest BCUT2D eigenvalue weighted by molar-refractivity contribution is 5.80. The van der Waals surface area contributed by atoms with E-state index in [-0.39, 0.29) is 5.60 Å². The first-order valence-electron chi connectivity index (χ1n) is 4.38. The van der Waals surface area contributed by atoms with E-state index in [4.69, 9.17) is 4.74 Å². The van der Waals surface area contributed by atoms with E-state index in [0.29, 0.717) is 25.2 Å². The third-order valence-corrected chi connectivity index (χ3v) is 2.60. The van der Waals surface area contributed by atoms with E-state index in [0.717, 1.165) is 12.8 Å². The van der Waals surface area contributed by atoms with Crippen molar-refractivity contribution in [1.29, 1.82) is 0 Å². The van der Waals surface area contributed by atoms with Crippen LogP contribution in [0.25, 0.3) is 0 Å². The Hall–Kier alpha value is -0.370.